The molecule has 4 heteroatoms. The van der Waals surface area contributed by atoms with E-state index >= 15 is 0 Å². The van der Waals surface area contributed by atoms with Gasteiger partial charge in [0.25, 0.3) is 0 Å². The molecule has 2 aliphatic rings. The van der Waals surface area contributed by atoms with Gasteiger partial charge in [-0.15, -0.1) is 0 Å². The van der Waals surface area contributed by atoms with Crippen LogP contribution < -0.4 is 0 Å². The summed E-state index contributed by atoms with van der Waals surface area (Å²) in [5.41, 5.74) is 0. The summed E-state index contributed by atoms with van der Waals surface area (Å²) in [6.45, 7) is 0. The third-order valence-corrected chi connectivity index (χ3v) is 4.53. The summed E-state index contributed by atoms with van der Waals surface area (Å²) in [7, 11) is 0. The number of fused-ring (bicyclic) bond motifs is 2. The first-order valence-corrected chi connectivity index (χ1v) is 6.21. The van der Waals surface area contributed by atoms with Crippen molar-refractivity contribution in [1.82, 2.24) is 0 Å². The third kappa shape index (κ3) is 1.30. The maximum absolute atomic E-state index is 9.70. The van der Waals surface area contributed by atoms with E-state index in [2.05, 4.69) is 0 Å². The van der Waals surface area contributed by atoms with Crippen LogP contribution in [0.3, 0.4) is 0 Å². The highest BCUT2D eigenvalue weighted by Gasteiger charge is 2.45. The van der Waals surface area contributed by atoms with Gasteiger partial charge in [-0.2, -0.15) is 23.5 Å². The average molecular weight is 192 g/mol. The van der Waals surface area contributed by atoms with Gasteiger partial charge in [0, 0.05) is 11.5 Å². The molecule has 2 bridgehead atoms. The Morgan fingerprint density at radius 1 is 1.45 bits per heavy atom. The van der Waals surface area contributed by atoms with E-state index in [0.717, 1.165) is 11.5 Å². The number of thioether (sulfide) groups is 2. The Balaban J connectivity index is 2.10. The number of aliphatic hydroxyl groups is 1. The minimum atomic E-state index is -0.231. The van der Waals surface area contributed by atoms with Crippen molar-refractivity contribution in [3.8, 4) is 0 Å². The molecule has 11 heavy (non-hydrogen) atoms. The third-order valence-electron chi connectivity index (χ3n) is 2.27. The first kappa shape index (κ1) is 8.23. The fourth-order valence-electron chi connectivity index (χ4n) is 1.68. The van der Waals surface area contributed by atoms with E-state index in [1.807, 2.05) is 18.0 Å². The molecule has 2 saturated heterocycles. The fraction of sp³-hybridized carbons (Fsp3) is 1.00. The maximum atomic E-state index is 9.70. The lowest BCUT2D eigenvalue weighted by atomic mass is 10.1. The van der Waals surface area contributed by atoms with Crippen molar-refractivity contribution in [1.29, 1.82) is 0 Å². The van der Waals surface area contributed by atoms with E-state index in [4.69, 9.17) is 4.74 Å². The molecule has 4 atom stereocenters. The molecule has 0 spiro atoms. The van der Waals surface area contributed by atoms with Crippen molar-refractivity contribution in [3.05, 3.63) is 0 Å². The lowest BCUT2D eigenvalue weighted by Crippen LogP contribution is -2.29. The molecule has 0 saturated carbocycles. The van der Waals surface area contributed by atoms with Gasteiger partial charge in [-0.05, 0) is 6.26 Å². The van der Waals surface area contributed by atoms with Crippen LogP contribution in [0, 0.1) is 0 Å². The summed E-state index contributed by atoms with van der Waals surface area (Å²) in [6.07, 6.45) is 2.22. The second-order valence-electron chi connectivity index (χ2n) is 2.94. The Morgan fingerprint density at radius 3 is 2.82 bits per heavy atom. The van der Waals surface area contributed by atoms with Crippen LogP contribution in [0.1, 0.15) is 0 Å². The van der Waals surface area contributed by atoms with Crippen LogP contribution >= 0.6 is 23.5 Å². The molecule has 2 rings (SSSR count). The number of rotatable bonds is 1. The fourth-order valence-corrected chi connectivity index (χ4v) is 3.88. The van der Waals surface area contributed by atoms with Gasteiger partial charge in [0.1, 0.15) is 0 Å². The predicted octanol–water partition coefficient (Wildman–Crippen LogP) is 0.593. The lowest BCUT2D eigenvalue weighted by molar-refractivity contribution is 0.0283. The SMILES string of the molecule is CS[C@H]1[C@H](O)[C@@H]2CSC[C@H]1O2. The molecule has 2 aliphatic heterocycles. The summed E-state index contributed by atoms with van der Waals surface area (Å²) >= 11 is 3.63. The Labute approximate surface area is 75.1 Å². The molecule has 0 aromatic rings. The van der Waals surface area contributed by atoms with Gasteiger partial charge < -0.3 is 9.84 Å². The lowest BCUT2D eigenvalue weighted by Gasteiger charge is -2.19. The smallest absolute Gasteiger partial charge is 0.0953 e. The summed E-state index contributed by atoms with van der Waals surface area (Å²) < 4.78 is 5.62. The monoisotopic (exact) mass is 192 g/mol. The van der Waals surface area contributed by atoms with Crippen molar-refractivity contribution in [2.45, 2.75) is 23.6 Å². The first-order valence-electron chi connectivity index (χ1n) is 3.77. The molecule has 0 unspecified atom stereocenters. The Bertz CT molecular complexity index is 151. The van der Waals surface area contributed by atoms with Crippen molar-refractivity contribution in [2.75, 3.05) is 17.8 Å². The quantitative estimate of drug-likeness (QED) is 0.658. The van der Waals surface area contributed by atoms with Crippen molar-refractivity contribution >= 4 is 23.5 Å². The van der Waals surface area contributed by atoms with E-state index < -0.39 is 0 Å². The summed E-state index contributed by atoms with van der Waals surface area (Å²) in [5.74, 6) is 2.02. The van der Waals surface area contributed by atoms with Crippen LogP contribution in [0.15, 0.2) is 0 Å². The van der Waals surface area contributed by atoms with Crippen LogP contribution in [0.5, 0.6) is 0 Å². The number of hydrogen-bond donors (Lipinski definition) is 1. The molecule has 2 heterocycles. The first-order chi connectivity index (χ1) is 5.33. The topological polar surface area (TPSA) is 29.5 Å². The van der Waals surface area contributed by atoms with Crippen molar-refractivity contribution in [2.24, 2.45) is 0 Å². The summed E-state index contributed by atoms with van der Waals surface area (Å²) in [4.78, 5) is 0. The highest BCUT2D eigenvalue weighted by molar-refractivity contribution is 8.00. The largest absolute Gasteiger partial charge is 0.389 e. The standard InChI is InChI=1S/C7H12O2S2/c1-10-7-5-3-11-2-4(9-5)6(7)8/h4-8H,2-3H2,1H3/t4-,5+,6+,7+/m0/s1. The molecular formula is C7H12O2S2. The average Bonchev–Trinajstić information content (AvgIpc) is 2.25. The normalized spacial score (nSPS) is 49.6. The van der Waals surface area contributed by atoms with Gasteiger partial charge >= 0.3 is 0 Å². The van der Waals surface area contributed by atoms with Gasteiger partial charge in [-0.3, -0.25) is 0 Å². The van der Waals surface area contributed by atoms with Crippen LogP contribution in [-0.2, 0) is 4.74 Å². The second kappa shape index (κ2) is 3.17. The van der Waals surface area contributed by atoms with Gasteiger partial charge in [-0.1, -0.05) is 0 Å². The van der Waals surface area contributed by atoms with E-state index in [9.17, 15) is 5.11 Å². The molecule has 0 aromatic heterocycles. The molecule has 0 aromatic carbocycles. The van der Waals surface area contributed by atoms with E-state index in [1.54, 1.807) is 11.8 Å². The number of hydrogen-bond acceptors (Lipinski definition) is 4. The Kier molecular flexibility index (Phi) is 2.37. The highest BCUT2D eigenvalue weighted by Crippen LogP contribution is 2.36. The van der Waals surface area contributed by atoms with E-state index in [0.29, 0.717) is 11.4 Å². The molecule has 0 radical (unpaired) electrons. The van der Waals surface area contributed by atoms with Crippen LogP contribution in [0.2, 0.25) is 0 Å². The zero-order valence-corrected chi connectivity index (χ0v) is 8.03. The van der Waals surface area contributed by atoms with Gasteiger partial charge in [-0.25, -0.2) is 0 Å². The molecule has 64 valence electrons. The van der Waals surface area contributed by atoms with Crippen LogP contribution in [-0.4, -0.2) is 46.4 Å². The molecular weight excluding hydrogens is 180 g/mol. The number of ether oxygens (including phenoxy) is 1. The summed E-state index contributed by atoms with van der Waals surface area (Å²) in [5, 5.41) is 10.0. The van der Waals surface area contributed by atoms with E-state index in [-0.39, 0.29) is 12.2 Å². The van der Waals surface area contributed by atoms with Crippen molar-refractivity contribution in [3.63, 3.8) is 0 Å². The zero-order valence-electron chi connectivity index (χ0n) is 6.40. The van der Waals surface area contributed by atoms with Gasteiger partial charge in [0.15, 0.2) is 0 Å². The number of aliphatic hydroxyl groups excluding tert-OH is 1. The highest BCUT2D eigenvalue weighted by atomic mass is 32.2. The second-order valence-corrected chi connectivity index (χ2v) is 5.03. The molecule has 2 nitrogen and oxygen atoms in total. The Hall–Kier alpha value is 0.620. The molecule has 0 amide bonds. The molecule has 0 aliphatic carbocycles. The van der Waals surface area contributed by atoms with Gasteiger partial charge in [0.05, 0.1) is 23.6 Å². The predicted molar refractivity (Wildman–Crippen MR) is 49.3 cm³/mol. The Morgan fingerprint density at radius 2 is 2.18 bits per heavy atom. The minimum Gasteiger partial charge on any atom is -0.389 e. The van der Waals surface area contributed by atoms with E-state index in [1.165, 1.54) is 0 Å². The van der Waals surface area contributed by atoms with Crippen molar-refractivity contribution < 1.29 is 9.84 Å². The maximum Gasteiger partial charge on any atom is 0.0953 e. The van der Waals surface area contributed by atoms with Crippen LogP contribution in [0.4, 0.5) is 0 Å². The molecule has 1 N–H and O–H groups in total. The zero-order chi connectivity index (χ0) is 7.84. The molecule has 2 fully saturated rings. The van der Waals surface area contributed by atoms with Gasteiger partial charge in [0.2, 0.25) is 0 Å². The van der Waals surface area contributed by atoms with Crippen LogP contribution in [0.25, 0.3) is 0 Å². The minimum absolute atomic E-state index is 0.108. The summed E-state index contributed by atoms with van der Waals surface area (Å²) in [6, 6.07) is 0.